The Morgan fingerprint density at radius 1 is 1.24 bits per heavy atom. The molecule has 1 aromatic heterocycles. The Morgan fingerprint density at radius 3 is 2.64 bits per heavy atom. The zero-order chi connectivity index (χ0) is 23.8. The first-order valence-corrected chi connectivity index (χ1v) is 10.8. The normalized spacial score (nSPS) is 17.4. The number of benzene rings is 1. The lowest BCUT2D eigenvalue weighted by molar-refractivity contribution is -0.138. The number of likely N-dealkylation sites (tertiary alicyclic amines) is 1. The number of carbonyl (C=O) groups excluding carboxylic acids is 2. The Kier molecular flexibility index (Phi) is 6.20. The molecule has 0 aliphatic carbocycles. The second kappa shape index (κ2) is 8.93. The number of carbonyl (C=O) groups is 2. The number of aromatic amines is 1. The fraction of sp³-hybridized carbons (Fsp3) is 0.391. The Bertz CT molecular complexity index is 1110. The Labute approximate surface area is 189 Å². The van der Waals surface area contributed by atoms with E-state index in [2.05, 4.69) is 25.8 Å². The van der Waals surface area contributed by atoms with Crippen LogP contribution in [0.3, 0.4) is 0 Å². The molecule has 176 valence electrons. The van der Waals surface area contributed by atoms with Crippen molar-refractivity contribution < 1.29 is 22.8 Å². The van der Waals surface area contributed by atoms with Crippen molar-refractivity contribution in [3.63, 3.8) is 0 Å². The van der Waals surface area contributed by atoms with Crippen LogP contribution in [0.4, 0.5) is 24.5 Å². The molecule has 7 nitrogen and oxygen atoms in total. The van der Waals surface area contributed by atoms with Crippen molar-refractivity contribution in [1.29, 1.82) is 0 Å². The van der Waals surface area contributed by atoms with Gasteiger partial charge in [0.25, 0.3) is 11.8 Å². The van der Waals surface area contributed by atoms with Crippen LogP contribution >= 0.6 is 0 Å². The van der Waals surface area contributed by atoms with Gasteiger partial charge in [0.05, 0.1) is 22.4 Å². The van der Waals surface area contributed by atoms with E-state index in [-0.39, 0.29) is 23.5 Å². The molecule has 1 saturated heterocycles. The third-order valence-electron chi connectivity index (χ3n) is 6.02. The molecule has 2 amide bonds. The quantitative estimate of drug-likeness (QED) is 0.494. The van der Waals surface area contributed by atoms with Gasteiger partial charge in [-0.3, -0.25) is 9.59 Å². The number of nitrogens with one attached hydrogen (secondary N) is 4. The maximum atomic E-state index is 14.1. The molecule has 2 aliphatic rings. The van der Waals surface area contributed by atoms with Crippen molar-refractivity contribution in [3.8, 4) is 0 Å². The maximum Gasteiger partial charge on any atom is 0.419 e. The lowest BCUT2D eigenvalue weighted by atomic mass is 10.0. The van der Waals surface area contributed by atoms with Crippen molar-refractivity contribution in [3.05, 3.63) is 46.3 Å². The fourth-order valence-electron chi connectivity index (χ4n) is 4.39. The van der Waals surface area contributed by atoms with E-state index in [4.69, 9.17) is 0 Å². The summed E-state index contributed by atoms with van der Waals surface area (Å²) in [5.41, 5.74) is 0.0668. The van der Waals surface area contributed by atoms with Gasteiger partial charge in [-0.25, -0.2) is 0 Å². The van der Waals surface area contributed by atoms with Crippen LogP contribution in [-0.4, -0.2) is 54.9 Å². The van der Waals surface area contributed by atoms with E-state index in [1.165, 1.54) is 6.92 Å². The van der Waals surface area contributed by atoms with Gasteiger partial charge in [0.1, 0.15) is 0 Å². The molecule has 1 fully saturated rings. The van der Waals surface area contributed by atoms with Crippen LogP contribution in [0.25, 0.3) is 11.6 Å². The standard InChI is InChI=1S/C23H26F3N5O2/c1-13-19(22(33)28-7-10-31-8-3-4-9-31)20(23(24,25)26)18(29-13)12-16-15-11-14(27-2)5-6-17(15)30-21(16)32/h5-6,11-12,27,29H,3-4,7-10H2,1-2H3,(H,28,33)(H,30,32)/b16-12-. The number of aryl methyl sites for hydroxylation is 1. The van der Waals surface area contributed by atoms with Crippen molar-refractivity contribution in [1.82, 2.24) is 15.2 Å². The molecule has 2 aromatic rings. The highest BCUT2D eigenvalue weighted by Gasteiger charge is 2.41. The van der Waals surface area contributed by atoms with Crippen LogP contribution in [0.1, 0.15) is 45.7 Å². The average Bonchev–Trinajstić information content (AvgIpc) is 3.46. The summed E-state index contributed by atoms with van der Waals surface area (Å²) in [6, 6.07) is 5.13. The molecule has 0 radical (unpaired) electrons. The first kappa shape index (κ1) is 22.9. The summed E-state index contributed by atoms with van der Waals surface area (Å²) in [7, 11) is 1.71. The monoisotopic (exact) mass is 461 g/mol. The molecular formula is C23H26F3N5O2. The minimum Gasteiger partial charge on any atom is -0.388 e. The summed E-state index contributed by atoms with van der Waals surface area (Å²) in [6.07, 6.45) is -1.44. The van der Waals surface area contributed by atoms with Gasteiger partial charge in [-0.15, -0.1) is 0 Å². The molecule has 10 heteroatoms. The van der Waals surface area contributed by atoms with E-state index in [1.807, 2.05) is 0 Å². The molecule has 4 N–H and O–H groups in total. The van der Waals surface area contributed by atoms with Gasteiger partial charge >= 0.3 is 6.18 Å². The lowest BCUT2D eigenvalue weighted by Crippen LogP contribution is -2.34. The van der Waals surface area contributed by atoms with Crippen LogP contribution < -0.4 is 16.0 Å². The number of rotatable bonds is 6. The summed E-state index contributed by atoms with van der Waals surface area (Å²) in [5.74, 6) is -1.29. The van der Waals surface area contributed by atoms with Gasteiger partial charge in [0, 0.05) is 42.8 Å². The number of nitrogens with zero attached hydrogens (tertiary/aromatic N) is 1. The van der Waals surface area contributed by atoms with Gasteiger partial charge in [0.15, 0.2) is 0 Å². The van der Waals surface area contributed by atoms with Crippen molar-refractivity contribution in [2.45, 2.75) is 25.9 Å². The van der Waals surface area contributed by atoms with Gasteiger partial charge < -0.3 is 25.8 Å². The van der Waals surface area contributed by atoms with E-state index in [9.17, 15) is 22.8 Å². The second-order valence-corrected chi connectivity index (χ2v) is 8.24. The number of fused-ring (bicyclic) bond motifs is 1. The fourth-order valence-corrected chi connectivity index (χ4v) is 4.39. The highest BCUT2D eigenvalue weighted by Crippen LogP contribution is 2.40. The van der Waals surface area contributed by atoms with Crippen molar-refractivity contribution in [2.24, 2.45) is 0 Å². The van der Waals surface area contributed by atoms with Gasteiger partial charge in [0.2, 0.25) is 0 Å². The van der Waals surface area contributed by atoms with E-state index < -0.39 is 29.1 Å². The zero-order valence-corrected chi connectivity index (χ0v) is 18.4. The van der Waals surface area contributed by atoms with Crippen LogP contribution in [-0.2, 0) is 11.0 Å². The average molecular weight is 461 g/mol. The molecule has 0 bridgehead atoms. The van der Waals surface area contributed by atoms with Crippen molar-refractivity contribution in [2.75, 3.05) is 43.9 Å². The number of aromatic nitrogens is 1. The minimum absolute atomic E-state index is 0.0924. The number of H-pyrrole nitrogens is 1. The van der Waals surface area contributed by atoms with Crippen LogP contribution in [0.5, 0.6) is 0 Å². The van der Waals surface area contributed by atoms with E-state index >= 15 is 0 Å². The van der Waals surface area contributed by atoms with Crippen LogP contribution in [0.2, 0.25) is 0 Å². The topological polar surface area (TPSA) is 89.3 Å². The number of anilines is 2. The number of halogens is 3. The predicted molar refractivity (Wildman–Crippen MR) is 121 cm³/mol. The zero-order valence-electron chi connectivity index (χ0n) is 18.4. The molecule has 0 spiro atoms. The number of alkyl halides is 3. The molecular weight excluding hydrogens is 435 g/mol. The molecule has 0 unspecified atom stereocenters. The highest BCUT2D eigenvalue weighted by atomic mass is 19.4. The minimum atomic E-state index is -4.79. The molecule has 3 heterocycles. The van der Waals surface area contributed by atoms with Gasteiger partial charge in [-0.05, 0) is 57.1 Å². The summed E-state index contributed by atoms with van der Waals surface area (Å²) < 4.78 is 42.3. The second-order valence-electron chi connectivity index (χ2n) is 8.24. The van der Waals surface area contributed by atoms with Crippen molar-refractivity contribution >= 4 is 34.8 Å². The Hall–Kier alpha value is -3.27. The molecule has 4 rings (SSSR count). The van der Waals surface area contributed by atoms with Gasteiger partial charge in [-0.1, -0.05) is 0 Å². The Balaban J connectivity index is 1.67. The summed E-state index contributed by atoms with van der Waals surface area (Å²) in [4.78, 5) is 30.1. The third-order valence-corrected chi connectivity index (χ3v) is 6.02. The summed E-state index contributed by atoms with van der Waals surface area (Å²) in [5, 5.41) is 8.23. The smallest absolute Gasteiger partial charge is 0.388 e. The van der Waals surface area contributed by atoms with Gasteiger partial charge in [-0.2, -0.15) is 13.2 Å². The lowest BCUT2D eigenvalue weighted by Gasteiger charge is -2.15. The number of hydrogen-bond acceptors (Lipinski definition) is 4. The van der Waals surface area contributed by atoms with E-state index in [0.29, 0.717) is 23.5 Å². The van der Waals surface area contributed by atoms with Crippen LogP contribution in [0, 0.1) is 6.92 Å². The maximum absolute atomic E-state index is 14.1. The largest absolute Gasteiger partial charge is 0.419 e. The first-order chi connectivity index (χ1) is 15.7. The molecule has 0 atom stereocenters. The third kappa shape index (κ3) is 4.61. The summed E-state index contributed by atoms with van der Waals surface area (Å²) >= 11 is 0. The first-order valence-electron chi connectivity index (χ1n) is 10.8. The summed E-state index contributed by atoms with van der Waals surface area (Å²) in [6.45, 7) is 4.15. The Morgan fingerprint density at radius 2 is 1.97 bits per heavy atom. The molecule has 2 aliphatic heterocycles. The molecule has 1 aromatic carbocycles. The highest BCUT2D eigenvalue weighted by molar-refractivity contribution is 6.35. The van der Waals surface area contributed by atoms with E-state index in [0.717, 1.165) is 32.0 Å². The van der Waals surface area contributed by atoms with Crippen LogP contribution in [0.15, 0.2) is 18.2 Å². The number of amides is 2. The van der Waals surface area contributed by atoms with E-state index in [1.54, 1.807) is 25.2 Å². The molecule has 0 saturated carbocycles. The number of hydrogen-bond donors (Lipinski definition) is 4. The predicted octanol–water partition coefficient (Wildman–Crippen LogP) is 3.70. The SMILES string of the molecule is CNc1ccc2c(c1)/C(=C/c1[nH]c(C)c(C(=O)NCCN3CCCC3)c1C(F)(F)F)C(=O)N2. The molecule has 33 heavy (non-hydrogen) atoms.